The molecule has 0 aliphatic carbocycles. The average Bonchev–Trinajstić information content (AvgIpc) is 2.75. The van der Waals surface area contributed by atoms with Crippen LogP contribution in [0.3, 0.4) is 0 Å². The van der Waals surface area contributed by atoms with Gasteiger partial charge in [-0.15, -0.1) is 22.7 Å². The fourth-order valence-electron chi connectivity index (χ4n) is 1.26. The van der Waals surface area contributed by atoms with E-state index in [0.29, 0.717) is 5.13 Å². The topological polar surface area (TPSA) is 42.0 Å². The molecule has 16 heavy (non-hydrogen) atoms. The Morgan fingerprint density at radius 2 is 2.06 bits per heavy atom. The Morgan fingerprint density at radius 3 is 2.56 bits per heavy atom. The molecule has 1 N–H and O–H groups in total. The lowest BCUT2D eigenvalue weighted by Gasteiger charge is -1.97. The number of thiophene rings is 1. The van der Waals surface area contributed by atoms with Crippen LogP contribution >= 0.6 is 22.7 Å². The van der Waals surface area contributed by atoms with Gasteiger partial charge in [-0.1, -0.05) is 0 Å². The first kappa shape index (κ1) is 11.3. The molecule has 2 heterocycles. The number of nitrogens with zero attached hydrogens (tertiary/aromatic N) is 1. The van der Waals surface area contributed by atoms with E-state index in [-0.39, 0.29) is 5.91 Å². The highest BCUT2D eigenvalue weighted by Crippen LogP contribution is 2.23. The van der Waals surface area contributed by atoms with E-state index in [9.17, 15) is 4.79 Å². The lowest BCUT2D eigenvalue weighted by Crippen LogP contribution is -2.09. The number of aromatic nitrogens is 1. The van der Waals surface area contributed by atoms with Crippen molar-refractivity contribution in [2.75, 3.05) is 5.32 Å². The number of carbonyl (C=O) groups excluding carboxylic acids is 1. The quantitative estimate of drug-likeness (QED) is 0.890. The van der Waals surface area contributed by atoms with E-state index >= 15 is 0 Å². The fourth-order valence-corrected chi connectivity index (χ4v) is 2.85. The summed E-state index contributed by atoms with van der Waals surface area (Å²) >= 11 is 3.00. The Labute approximate surface area is 102 Å². The summed E-state index contributed by atoms with van der Waals surface area (Å²) in [5.74, 6) is -0.0736. The number of rotatable bonds is 2. The maximum atomic E-state index is 11.9. The molecule has 2 rings (SSSR count). The van der Waals surface area contributed by atoms with E-state index in [0.717, 1.165) is 15.3 Å². The first-order chi connectivity index (χ1) is 7.56. The van der Waals surface area contributed by atoms with E-state index in [1.54, 1.807) is 6.20 Å². The van der Waals surface area contributed by atoms with Crippen molar-refractivity contribution in [1.82, 2.24) is 4.98 Å². The first-order valence-corrected chi connectivity index (χ1v) is 6.50. The average molecular weight is 252 g/mol. The van der Waals surface area contributed by atoms with E-state index in [1.165, 1.54) is 27.6 Å². The number of aryl methyl sites for hydroxylation is 3. The van der Waals surface area contributed by atoms with Crippen LogP contribution in [-0.4, -0.2) is 10.9 Å². The highest BCUT2D eigenvalue weighted by atomic mass is 32.1. The second kappa shape index (κ2) is 4.35. The van der Waals surface area contributed by atoms with Crippen LogP contribution in [0.4, 0.5) is 5.13 Å². The molecule has 1 amide bonds. The van der Waals surface area contributed by atoms with Gasteiger partial charge in [-0.05, 0) is 32.4 Å². The van der Waals surface area contributed by atoms with Crippen LogP contribution in [-0.2, 0) is 0 Å². The van der Waals surface area contributed by atoms with Crippen molar-refractivity contribution in [2.45, 2.75) is 20.8 Å². The van der Waals surface area contributed by atoms with Gasteiger partial charge in [0.2, 0.25) is 0 Å². The Bertz CT molecular complexity index is 508. The fraction of sp³-hybridized carbons (Fsp3) is 0.273. The summed E-state index contributed by atoms with van der Waals surface area (Å²) < 4.78 is 0. The predicted octanol–water partition coefficient (Wildman–Crippen LogP) is 3.38. The molecule has 0 unspecified atom stereocenters. The molecule has 5 heteroatoms. The van der Waals surface area contributed by atoms with Crippen LogP contribution in [0.25, 0.3) is 0 Å². The molecular weight excluding hydrogens is 240 g/mol. The van der Waals surface area contributed by atoms with E-state index < -0.39 is 0 Å². The maximum absolute atomic E-state index is 11.9. The van der Waals surface area contributed by atoms with Crippen molar-refractivity contribution >= 4 is 33.7 Å². The van der Waals surface area contributed by atoms with Crippen LogP contribution in [0.5, 0.6) is 0 Å². The largest absolute Gasteiger partial charge is 0.297 e. The van der Waals surface area contributed by atoms with Crippen LogP contribution in [0.2, 0.25) is 0 Å². The van der Waals surface area contributed by atoms with Gasteiger partial charge in [-0.2, -0.15) is 0 Å². The number of thiazole rings is 1. The van der Waals surface area contributed by atoms with Gasteiger partial charge in [-0.25, -0.2) is 4.98 Å². The Kier molecular flexibility index (Phi) is 3.07. The zero-order valence-corrected chi connectivity index (χ0v) is 11.0. The maximum Gasteiger partial charge on any atom is 0.267 e. The molecule has 0 spiro atoms. The molecular formula is C11H12N2OS2. The van der Waals surface area contributed by atoms with E-state index in [4.69, 9.17) is 0 Å². The molecule has 84 valence electrons. The standard InChI is InChI=1S/C11H12N2OS2/c1-6-4-9(16-8(6)3)10(14)13-11-12-5-7(2)15-11/h4-5H,1-3H3,(H,12,13,14). The molecule has 0 saturated heterocycles. The lowest BCUT2D eigenvalue weighted by molar-refractivity contribution is 0.103. The number of hydrogen-bond acceptors (Lipinski definition) is 4. The molecule has 0 atom stereocenters. The number of nitrogens with one attached hydrogen (secondary N) is 1. The van der Waals surface area contributed by atoms with Crippen molar-refractivity contribution in [3.63, 3.8) is 0 Å². The summed E-state index contributed by atoms with van der Waals surface area (Å²) in [7, 11) is 0. The van der Waals surface area contributed by atoms with Gasteiger partial charge in [0.25, 0.3) is 5.91 Å². The zero-order valence-electron chi connectivity index (χ0n) is 9.33. The molecule has 0 fully saturated rings. The Morgan fingerprint density at radius 1 is 1.31 bits per heavy atom. The smallest absolute Gasteiger partial charge is 0.267 e. The summed E-state index contributed by atoms with van der Waals surface area (Å²) in [4.78, 5) is 19.0. The number of carbonyl (C=O) groups is 1. The monoisotopic (exact) mass is 252 g/mol. The third-order valence-corrected chi connectivity index (χ3v) is 4.21. The van der Waals surface area contributed by atoms with E-state index in [1.807, 2.05) is 26.8 Å². The molecule has 0 aliphatic heterocycles. The minimum Gasteiger partial charge on any atom is -0.297 e. The second-order valence-corrected chi connectivity index (χ2v) is 6.07. The molecule has 0 aromatic carbocycles. The van der Waals surface area contributed by atoms with Gasteiger partial charge >= 0.3 is 0 Å². The zero-order chi connectivity index (χ0) is 11.7. The van der Waals surface area contributed by atoms with Crippen molar-refractivity contribution in [1.29, 1.82) is 0 Å². The van der Waals surface area contributed by atoms with Gasteiger partial charge in [0.15, 0.2) is 5.13 Å². The SMILES string of the molecule is Cc1cnc(NC(=O)c2cc(C)c(C)s2)s1. The van der Waals surface area contributed by atoms with Crippen LogP contribution < -0.4 is 5.32 Å². The number of hydrogen-bond donors (Lipinski definition) is 1. The lowest BCUT2D eigenvalue weighted by atomic mass is 10.3. The summed E-state index contributed by atoms with van der Waals surface area (Å²) in [6.45, 7) is 5.99. The minimum absolute atomic E-state index is 0.0736. The van der Waals surface area contributed by atoms with Gasteiger partial charge in [-0.3, -0.25) is 10.1 Å². The van der Waals surface area contributed by atoms with Gasteiger partial charge in [0.05, 0.1) is 4.88 Å². The molecule has 2 aromatic rings. The van der Waals surface area contributed by atoms with E-state index in [2.05, 4.69) is 10.3 Å². The summed E-state index contributed by atoms with van der Waals surface area (Å²) in [6, 6.07) is 1.91. The molecule has 3 nitrogen and oxygen atoms in total. The Hall–Kier alpha value is -1.20. The van der Waals surface area contributed by atoms with Crippen molar-refractivity contribution in [3.05, 3.63) is 32.5 Å². The van der Waals surface area contributed by atoms with Crippen molar-refractivity contribution < 1.29 is 4.79 Å². The molecule has 0 aliphatic rings. The summed E-state index contributed by atoms with van der Waals surface area (Å²) in [5, 5.41) is 3.46. The number of amides is 1. The van der Waals surface area contributed by atoms with Crippen LogP contribution in [0.1, 0.15) is 25.0 Å². The van der Waals surface area contributed by atoms with Crippen molar-refractivity contribution in [2.24, 2.45) is 0 Å². The summed E-state index contributed by atoms with van der Waals surface area (Å²) in [5.41, 5.74) is 1.16. The highest BCUT2D eigenvalue weighted by Gasteiger charge is 2.11. The molecule has 2 aromatic heterocycles. The normalized spacial score (nSPS) is 10.4. The second-order valence-electron chi connectivity index (χ2n) is 3.58. The third kappa shape index (κ3) is 2.31. The molecule has 0 bridgehead atoms. The predicted molar refractivity (Wildman–Crippen MR) is 68.6 cm³/mol. The van der Waals surface area contributed by atoms with Gasteiger partial charge in [0, 0.05) is 16.0 Å². The van der Waals surface area contributed by atoms with Crippen molar-refractivity contribution in [3.8, 4) is 0 Å². The van der Waals surface area contributed by atoms with Crippen LogP contribution in [0, 0.1) is 20.8 Å². The van der Waals surface area contributed by atoms with Gasteiger partial charge < -0.3 is 0 Å². The van der Waals surface area contributed by atoms with Gasteiger partial charge in [0.1, 0.15) is 0 Å². The number of anilines is 1. The Balaban J connectivity index is 2.14. The minimum atomic E-state index is -0.0736. The van der Waals surface area contributed by atoms with Crippen LogP contribution in [0.15, 0.2) is 12.3 Å². The first-order valence-electron chi connectivity index (χ1n) is 4.87. The summed E-state index contributed by atoms with van der Waals surface area (Å²) in [6.07, 6.45) is 1.76. The molecule has 0 radical (unpaired) electrons. The highest BCUT2D eigenvalue weighted by molar-refractivity contribution is 7.16. The molecule has 0 saturated carbocycles. The third-order valence-electron chi connectivity index (χ3n) is 2.23.